The van der Waals surface area contributed by atoms with Crippen molar-refractivity contribution in [3.63, 3.8) is 0 Å². The molecular weight excluding hydrogens is 340 g/mol. The van der Waals surface area contributed by atoms with Gasteiger partial charge in [0.25, 0.3) is 10.0 Å². The quantitative estimate of drug-likeness (QED) is 0.823. The maximum Gasteiger partial charge on any atom is 0.262 e. The van der Waals surface area contributed by atoms with Crippen LogP contribution in [0.4, 0.5) is 14.5 Å². The lowest BCUT2D eigenvalue weighted by Gasteiger charge is -2.14. The number of nitrogens with one attached hydrogen (secondary N) is 1. The molecule has 0 aliphatic heterocycles. The smallest absolute Gasteiger partial charge is 0.262 e. The molecule has 0 amide bonds. The monoisotopic (exact) mass is 357 g/mol. The highest BCUT2D eigenvalue weighted by molar-refractivity contribution is 7.92. The molecule has 0 aromatic heterocycles. The fourth-order valence-electron chi connectivity index (χ4n) is 1.97. The van der Waals surface area contributed by atoms with Gasteiger partial charge in [0, 0.05) is 6.07 Å². The number of benzene rings is 2. The van der Waals surface area contributed by atoms with Crippen LogP contribution in [-0.4, -0.2) is 21.6 Å². The molecule has 8 heteroatoms. The van der Waals surface area contributed by atoms with E-state index in [1.807, 2.05) is 6.92 Å². The molecule has 0 fully saturated rings. The van der Waals surface area contributed by atoms with Gasteiger partial charge in [0.15, 0.2) is 23.1 Å². The second kappa shape index (κ2) is 7.48. The highest BCUT2D eigenvalue weighted by Gasteiger charge is 2.17. The number of anilines is 1. The van der Waals surface area contributed by atoms with Crippen molar-refractivity contribution in [1.82, 2.24) is 0 Å². The van der Waals surface area contributed by atoms with Gasteiger partial charge in [-0.2, -0.15) is 0 Å². The molecule has 1 N–H and O–H groups in total. The summed E-state index contributed by atoms with van der Waals surface area (Å²) in [5, 5.41) is 0. The molecule has 0 aliphatic rings. The molecule has 0 atom stereocenters. The van der Waals surface area contributed by atoms with E-state index in [0.717, 1.165) is 12.1 Å². The van der Waals surface area contributed by atoms with E-state index in [2.05, 4.69) is 4.72 Å². The molecule has 2 rings (SSSR count). The average molecular weight is 357 g/mol. The topological polar surface area (TPSA) is 64.6 Å². The molecule has 130 valence electrons. The third kappa shape index (κ3) is 4.14. The number of halogens is 2. The summed E-state index contributed by atoms with van der Waals surface area (Å²) >= 11 is 0. The zero-order valence-corrected chi connectivity index (χ0v) is 14.0. The lowest BCUT2D eigenvalue weighted by Crippen LogP contribution is -2.13. The molecule has 24 heavy (non-hydrogen) atoms. The van der Waals surface area contributed by atoms with Gasteiger partial charge >= 0.3 is 0 Å². The Kier molecular flexibility index (Phi) is 5.61. The number of hydrogen-bond acceptors (Lipinski definition) is 4. The van der Waals surface area contributed by atoms with E-state index >= 15 is 0 Å². The number of ether oxygens (including phenoxy) is 2. The van der Waals surface area contributed by atoms with Crippen molar-refractivity contribution in [3.05, 3.63) is 48.0 Å². The van der Waals surface area contributed by atoms with Crippen LogP contribution >= 0.6 is 0 Å². The van der Waals surface area contributed by atoms with Crippen LogP contribution in [0.15, 0.2) is 41.3 Å². The van der Waals surface area contributed by atoms with Gasteiger partial charge in [-0.25, -0.2) is 17.2 Å². The van der Waals surface area contributed by atoms with Crippen LogP contribution in [-0.2, 0) is 10.0 Å². The summed E-state index contributed by atoms with van der Waals surface area (Å²) in [7, 11) is -4.06. The Bertz CT molecular complexity index is 825. The van der Waals surface area contributed by atoms with E-state index in [1.165, 1.54) is 12.1 Å². The third-order valence-corrected chi connectivity index (χ3v) is 4.38. The summed E-state index contributed by atoms with van der Waals surface area (Å²) < 4.78 is 63.8. The van der Waals surface area contributed by atoms with E-state index in [9.17, 15) is 17.2 Å². The number of sulfonamides is 1. The van der Waals surface area contributed by atoms with Crippen molar-refractivity contribution in [2.24, 2.45) is 0 Å². The van der Waals surface area contributed by atoms with E-state index in [-0.39, 0.29) is 10.6 Å². The van der Waals surface area contributed by atoms with Crippen molar-refractivity contribution < 1.29 is 26.7 Å². The molecule has 0 radical (unpaired) electrons. The molecule has 0 aliphatic carbocycles. The van der Waals surface area contributed by atoms with Gasteiger partial charge in [0.2, 0.25) is 0 Å². The predicted molar refractivity (Wildman–Crippen MR) is 85.9 cm³/mol. The minimum absolute atomic E-state index is 0.214. The highest BCUT2D eigenvalue weighted by Crippen LogP contribution is 2.31. The Hall–Kier alpha value is -2.35. The zero-order chi connectivity index (χ0) is 17.7. The predicted octanol–water partition coefficient (Wildman–Crippen LogP) is 3.56. The van der Waals surface area contributed by atoms with Crippen LogP contribution in [0.3, 0.4) is 0 Å². The first-order chi connectivity index (χ1) is 11.4. The van der Waals surface area contributed by atoms with Crippen LogP contribution in [0, 0.1) is 11.6 Å². The average Bonchev–Trinajstić information content (AvgIpc) is 2.52. The lowest BCUT2D eigenvalue weighted by atomic mass is 10.3. The minimum Gasteiger partial charge on any atom is -0.490 e. The fraction of sp³-hybridized carbons (Fsp3) is 0.250. The van der Waals surface area contributed by atoms with Gasteiger partial charge < -0.3 is 9.47 Å². The summed E-state index contributed by atoms with van der Waals surface area (Å²) in [4.78, 5) is -0.381. The van der Waals surface area contributed by atoms with Crippen LogP contribution in [0.1, 0.15) is 13.8 Å². The van der Waals surface area contributed by atoms with Crippen LogP contribution in [0.25, 0.3) is 0 Å². The van der Waals surface area contributed by atoms with Gasteiger partial charge in [-0.1, -0.05) is 0 Å². The van der Waals surface area contributed by atoms with Crippen molar-refractivity contribution in [2.75, 3.05) is 17.9 Å². The van der Waals surface area contributed by atoms with Gasteiger partial charge in [0.1, 0.15) is 0 Å². The van der Waals surface area contributed by atoms with Crippen molar-refractivity contribution in [2.45, 2.75) is 18.7 Å². The summed E-state index contributed by atoms with van der Waals surface area (Å²) in [5.41, 5.74) is 0.214. The molecule has 2 aromatic carbocycles. The van der Waals surface area contributed by atoms with E-state index in [0.29, 0.717) is 30.8 Å². The molecule has 0 saturated heterocycles. The standard InChI is InChI=1S/C16H17F2NO4S/c1-3-22-15-8-5-11(9-16(15)23-4-2)19-24(20,21)12-6-7-13(17)14(18)10-12/h5-10,19H,3-4H2,1-2H3. The van der Waals surface area contributed by atoms with Gasteiger partial charge in [0.05, 0.1) is 23.8 Å². The number of rotatable bonds is 7. The second-order valence-electron chi connectivity index (χ2n) is 4.71. The normalized spacial score (nSPS) is 11.2. The molecular formula is C16H17F2NO4S. The summed E-state index contributed by atoms with van der Waals surface area (Å²) in [6.45, 7) is 4.41. The van der Waals surface area contributed by atoms with E-state index < -0.39 is 21.7 Å². The zero-order valence-electron chi connectivity index (χ0n) is 13.2. The Balaban J connectivity index is 2.31. The molecule has 5 nitrogen and oxygen atoms in total. The molecule has 0 saturated carbocycles. The molecule has 0 spiro atoms. The maximum atomic E-state index is 13.2. The van der Waals surface area contributed by atoms with Gasteiger partial charge in [-0.05, 0) is 44.2 Å². The van der Waals surface area contributed by atoms with Crippen molar-refractivity contribution >= 4 is 15.7 Å². The highest BCUT2D eigenvalue weighted by atomic mass is 32.2. The van der Waals surface area contributed by atoms with Gasteiger partial charge in [-0.15, -0.1) is 0 Å². The van der Waals surface area contributed by atoms with Crippen molar-refractivity contribution in [3.8, 4) is 11.5 Å². The van der Waals surface area contributed by atoms with Gasteiger partial charge in [-0.3, -0.25) is 4.72 Å². The van der Waals surface area contributed by atoms with Crippen LogP contribution in [0.2, 0.25) is 0 Å². The minimum atomic E-state index is -4.06. The molecule has 0 unspecified atom stereocenters. The molecule has 0 bridgehead atoms. The Morgan fingerprint density at radius 3 is 2.21 bits per heavy atom. The first-order valence-corrected chi connectivity index (χ1v) is 8.73. The maximum absolute atomic E-state index is 13.2. The SMILES string of the molecule is CCOc1ccc(NS(=O)(=O)c2ccc(F)c(F)c2)cc1OCC. The van der Waals surface area contributed by atoms with Crippen LogP contribution < -0.4 is 14.2 Å². The Labute approximate surface area is 139 Å². The van der Waals surface area contributed by atoms with Crippen molar-refractivity contribution in [1.29, 1.82) is 0 Å². The first kappa shape index (κ1) is 18.0. The second-order valence-corrected chi connectivity index (χ2v) is 6.39. The third-order valence-electron chi connectivity index (χ3n) is 3.00. The van der Waals surface area contributed by atoms with E-state index in [4.69, 9.17) is 9.47 Å². The Morgan fingerprint density at radius 2 is 1.58 bits per heavy atom. The summed E-state index contributed by atoms with van der Waals surface area (Å²) in [6, 6.07) is 6.89. The summed E-state index contributed by atoms with van der Waals surface area (Å²) in [5.74, 6) is -1.49. The largest absolute Gasteiger partial charge is 0.490 e. The summed E-state index contributed by atoms with van der Waals surface area (Å²) in [6.07, 6.45) is 0. The van der Waals surface area contributed by atoms with E-state index in [1.54, 1.807) is 13.0 Å². The first-order valence-electron chi connectivity index (χ1n) is 7.25. The Morgan fingerprint density at radius 1 is 0.917 bits per heavy atom. The molecule has 0 heterocycles. The molecule has 2 aromatic rings. The lowest BCUT2D eigenvalue weighted by molar-refractivity contribution is 0.288. The van der Waals surface area contributed by atoms with Crippen LogP contribution in [0.5, 0.6) is 11.5 Å². The number of hydrogen-bond donors (Lipinski definition) is 1. The fourth-order valence-corrected chi connectivity index (χ4v) is 3.03.